The van der Waals surface area contributed by atoms with Gasteiger partial charge >= 0.3 is 0 Å². The second kappa shape index (κ2) is 11.7. The van der Waals surface area contributed by atoms with E-state index in [-0.39, 0.29) is 11.3 Å². The molecule has 0 amide bonds. The molecule has 0 bridgehead atoms. The maximum Gasteiger partial charge on any atom is 0.238 e. The lowest BCUT2D eigenvalue weighted by Crippen LogP contribution is -2.65. The fourth-order valence-electron chi connectivity index (χ4n) is 5.28. The van der Waals surface area contributed by atoms with Crippen LogP contribution in [0.25, 0.3) is 22.3 Å². The number of phenolic OH excluding ortho intramolecular Hbond substituents is 3. The van der Waals surface area contributed by atoms with Gasteiger partial charge in [-0.25, -0.2) is 0 Å². The van der Waals surface area contributed by atoms with E-state index in [4.69, 9.17) is 18.6 Å². The first-order chi connectivity index (χ1) is 20.7. The van der Waals surface area contributed by atoms with Crippen molar-refractivity contribution in [3.63, 3.8) is 0 Å². The van der Waals surface area contributed by atoms with Crippen LogP contribution in [0.15, 0.2) is 39.5 Å². The topological polar surface area (TPSA) is 301 Å². The van der Waals surface area contributed by atoms with Crippen LogP contribution in [0.2, 0.25) is 0 Å². The molecule has 2 aliphatic heterocycles. The molecule has 2 fully saturated rings. The zero-order chi connectivity index (χ0) is 32.2. The number of aromatic hydroxyl groups is 4. The minimum absolute atomic E-state index is 0.124. The molecule has 0 radical (unpaired) electrons. The summed E-state index contributed by atoms with van der Waals surface area (Å²) in [5.74, 6) is -3.80. The zero-order valence-corrected chi connectivity index (χ0v) is 22.4. The van der Waals surface area contributed by atoms with E-state index < -0.39 is 119 Å². The number of aliphatic hydroxyl groups is 8. The molecule has 2 aromatic carbocycles. The lowest BCUT2D eigenvalue weighted by atomic mass is 9.79. The molecule has 3 heterocycles. The Balaban J connectivity index is 1.45. The molecule has 44 heavy (non-hydrogen) atoms. The van der Waals surface area contributed by atoms with E-state index in [9.17, 15) is 66.1 Å². The third kappa shape index (κ3) is 5.03. The van der Waals surface area contributed by atoms with E-state index in [1.807, 2.05) is 0 Å². The van der Waals surface area contributed by atoms with Crippen LogP contribution in [0.3, 0.4) is 0 Å². The Morgan fingerprint density at radius 2 is 1.48 bits per heavy atom. The third-order valence-electron chi connectivity index (χ3n) is 7.75. The minimum Gasteiger partial charge on any atom is -0.508 e. The number of rotatable bonds is 6. The highest BCUT2D eigenvalue weighted by atomic mass is 16.7. The van der Waals surface area contributed by atoms with Crippen molar-refractivity contribution in [3.05, 3.63) is 46.1 Å². The molecular weight excluding hydrogens is 596 g/mol. The average Bonchev–Trinajstić information content (AvgIpc) is 2.99. The predicted octanol–water partition coefficient (Wildman–Crippen LogP) is -3.27. The van der Waals surface area contributed by atoms with E-state index in [1.54, 1.807) is 0 Å². The highest BCUT2D eigenvalue weighted by Gasteiger charge is 2.58. The Morgan fingerprint density at radius 1 is 0.818 bits per heavy atom. The summed E-state index contributed by atoms with van der Waals surface area (Å²) in [5.41, 5.74) is -5.89. The predicted molar refractivity (Wildman–Crippen MR) is 141 cm³/mol. The maximum atomic E-state index is 13.1. The first-order valence-electron chi connectivity index (χ1n) is 13.1. The van der Waals surface area contributed by atoms with Gasteiger partial charge in [0.25, 0.3) is 0 Å². The standard InChI is InChI=1S/C27H30O17/c28-6-12-16(31)20(35)22(37)25(43-12)41-7-13-17(32)24(38)27(40,26(39)44-13)15-10(30)5-11-14(18(15)33)19(34)21(36)23(42-11)8-1-3-9(29)4-2-8/h1-5,12-13,16-17,20,22,24-26,28-33,35-40H,6-7H2/t12?,13-,16?,17-,20+,22?,24+,25+,26-,27+/m1/s1. The van der Waals surface area contributed by atoms with Crippen molar-refractivity contribution >= 4 is 11.0 Å². The molecule has 12 N–H and O–H groups in total. The van der Waals surface area contributed by atoms with Crippen LogP contribution in [0.4, 0.5) is 0 Å². The molecule has 17 nitrogen and oxygen atoms in total. The molecule has 5 rings (SSSR count). The SMILES string of the molecule is O=c1c(O)c(-c2ccc(O)cc2)oc2cc(O)c([C@@]3(O)[C@H](O)O[C@H](CO[C@H]4OC(CO)C(O)[C@H](O)C4O)[C@@H](O)[C@@H]3O)c(O)c12. The molecular formula is C27H30O17. The molecule has 2 saturated heterocycles. The summed E-state index contributed by atoms with van der Waals surface area (Å²) in [5, 5.41) is 124. The molecule has 240 valence electrons. The molecule has 3 unspecified atom stereocenters. The van der Waals surface area contributed by atoms with Crippen LogP contribution < -0.4 is 5.43 Å². The van der Waals surface area contributed by atoms with Crippen molar-refractivity contribution in [2.75, 3.05) is 13.2 Å². The third-order valence-corrected chi connectivity index (χ3v) is 7.75. The van der Waals surface area contributed by atoms with E-state index in [0.29, 0.717) is 0 Å². The van der Waals surface area contributed by atoms with Crippen molar-refractivity contribution < 1.29 is 79.9 Å². The molecule has 3 aromatic rings. The van der Waals surface area contributed by atoms with Crippen LogP contribution in [0.1, 0.15) is 5.56 Å². The van der Waals surface area contributed by atoms with Crippen molar-refractivity contribution in [1.29, 1.82) is 0 Å². The molecule has 0 spiro atoms. The van der Waals surface area contributed by atoms with Crippen LogP contribution in [0.5, 0.6) is 23.0 Å². The van der Waals surface area contributed by atoms with Gasteiger partial charge in [-0.05, 0) is 24.3 Å². The molecule has 10 atom stereocenters. The van der Waals surface area contributed by atoms with Gasteiger partial charge in [-0.3, -0.25) is 4.79 Å². The highest BCUT2D eigenvalue weighted by molar-refractivity contribution is 5.90. The summed E-state index contributed by atoms with van der Waals surface area (Å²) in [6, 6.07) is 5.84. The second-order valence-corrected chi connectivity index (χ2v) is 10.5. The summed E-state index contributed by atoms with van der Waals surface area (Å²) < 4.78 is 21.2. The lowest BCUT2D eigenvalue weighted by molar-refractivity contribution is -0.351. The first-order valence-corrected chi connectivity index (χ1v) is 13.1. The van der Waals surface area contributed by atoms with Gasteiger partial charge in [0.15, 0.2) is 23.9 Å². The fraction of sp³-hybridized carbons (Fsp3) is 0.444. The maximum absolute atomic E-state index is 13.1. The largest absolute Gasteiger partial charge is 0.508 e. The van der Waals surface area contributed by atoms with E-state index in [0.717, 1.165) is 6.07 Å². The fourth-order valence-corrected chi connectivity index (χ4v) is 5.28. The molecule has 1 aromatic heterocycles. The van der Waals surface area contributed by atoms with Gasteiger partial charge < -0.3 is 79.9 Å². The van der Waals surface area contributed by atoms with Gasteiger partial charge in [0.05, 0.1) is 18.8 Å². The Hall–Kier alpha value is -3.59. The van der Waals surface area contributed by atoms with E-state index >= 15 is 0 Å². The number of aliphatic hydroxyl groups excluding tert-OH is 7. The zero-order valence-electron chi connectivity index (χ0n) is 22.4. The summed E-state index contributed by atoms with van der Waals surface area (Å²) in [6.07, 6.45) is -17.1. The number of ether oxygens (including phenoxy) is 3. The number of hydrogen-bond acceptors (Lipinski definition) is 17. The van der Waals surface area contributed by atoms with Crippen LogP contribution in [-0.2, 0) is 19.8 Å². The number of benzene rings is 2. The molecule has 0 aliphatic carbocycles. The van der Waals surface area contributed by atoms with Crippen molar-refractivity contribution in [2.45, 2.75) is 60.9 Å². The lowest BCUT2D eigenvalue weighted by Gasteiger charge is -2.47. The average molecular weight is 627 g/mol. The van der Waals surface area contributed by atoms with Gasteiger partial charge in [-0.2, -0.15) is 0 Å². The van der Waals surface area contributed by atoms with Crippen LogP contribution in [0, 0.1) is 0 Å². The van der Waals surface area contributed by atoms with Crippen molar-refractivity contribution in [2.24, 2.45) is 0 Å². The number of fused-ring (bicyclic) bond motifs is 1. The quantitative estimate of drug-likeness (QED) is 0.128. The second-order valence-electron chi connectivity index (χ2n) is 10.5. The van der Waals surface area contributed by atoms with Gasteiger partial charge in [-0.1, -0.05) is 0 Å². The normalized spacial score (nSPS) is 34.3. The summed E-state index contributed by atoms with van der Waals surface area (Å²) in [6.45, 7) is -1.54. The van der Waals surface area contributed by atoms with Crippen LogP contribution >= 0.6 is 0 Å². The number of hydrogen-bond donors (Lipinski definition) is 12. The summed E-state index contributed by atoms with van der Waals surface area (Å²) >= 11 is 0. The summed E-state index contributed by atoms with van der Waals surface area (Å²) in [7, 11) is 0. The van der Waals surface area contributed by atoms with Gasteiger partial charge in [0, 0.05) is 11.6 Å². The van der Waals surface area contributed by atoms with Crippen molar-refractivity contribution in [1.82, 2.24) is 0 Å². The van der Waals surface area contributed by atoms with E-state index in [1.165, 1.54) is 24.3 Å². The Bertz CT molecular complexity index is 1570. The van der Waals surface area contributed by atoms with Crippen molar-refractivity contribution in [3.8, 4) is 34.3 Å². The Labute approximate surface area is 245 Å². The Kier molecular flexibility index (Phi) is 8.48. The van der Waals surface area contributed by atoms with Gasteiger partial charge in [0.1, 0.15) is 70.9 Å². The van der Waals surface area contributed by atoms with Gasteiger partial charge in [-0.15, -0.1) is 0 Å². The monoisotopic (exact) mass is 626 g/mol. The first kappa shape index (κ1) is 31.8. The smallest absolute Gasteiger partial charge is 0.238 e. The molecule has 0 saturated carbocycles. The minimum atomic E-state index is -3.21. The van der Waals surface area contributed by atoms with Crippen LogP contribution in [-0.4, -0.2) is 130 Å². The Morgan fingerprint density at radius 3 is 2.11 bits per heavy atom. The van der Waals surface area contributed by atoms with Gasteiger partial charge in [0.2, 0.25) is 11.2 Å². The number of phenols is 3. The molecule has 17 heteroatoms. The highest BCUT2D eigenvalue weighted by Crippen LogP contribution is 2.48. The summed E-state index contributed by atoms with van der Waals surface area (Å²) in [4.78, 5) is 13.1. The van der Waals surface area contributed by atoms with E-state index in [2.05, 4.69) is 0 Å². The molecule has 2 aliphatic rings.